The number of piperidine rings is 1. The molecule has 3 rings (SSSR count). The first-order valence-electron chi connectivity index (χ1n) is 9.77. The molecule has 3 heterocycles. The second-order valence-electron chi connectivity index (χ2n) is 5.51. The lowest BCUT2D eigenvalue weighted by Crippen LogP contribution is -2.54. The number of likely N-dealkylation sites (N-methyl/N-ethyl adjacent to an activating group) is 1. The Balaban J connectivity index is 2.24. The average Bonchev–Trinajstić information content (AvgIpc) is 2.99. The Bertz CT molecular complexity index is 1040. The number of hydrogen-bond donors (Lipinski definition) is 2. The summed E-state index contributed by atoms with van der Waals surface area (Å²) in [5.74, 6) is -1.35. The molecule has 2 atom stereocenters. The molecule has 7 nitrogen and oxygen atoms in total. The highest BCUT2D eigenvalue weighted by Crippen LogP contribution is 2.18. The van der Waals surface area contributed by atoms with Gasteiger partial charge in [-0.25, -0.2) is 11.6 Å². The predicted octanol–water partition coefficient (Wildman–Crippen LogP) is 0.449. The van der Waals surface area contributed by atoms with Crippen molar-refractivity contribution in [2.45, 2.75) is 19.4 Å². The molecule has 1 aliphatic heterocycles. The second kappa shape index (κ2) is 6.24. The largest absolute Gasteiger partial charge is 0.346 e. The molecule has 0 aromatic carbocycles. The summed E-state index contributed by atoms with van der Waals surface area (Å²) in [6.45, 7) is 3.40. The van der Waals surface area contributed by atoms with E-state index < -0.39 is 37.4 Å². The van der Waals surface area contributed by atoms with Crippen LogP contribution in [0.5, 0.6) is 0 Å². The van der Waals surface area contributed by atoms with E-state index in [0.717, 1.165) is 0 Å². The second-order valence-corrected chi connectivity index (χ2v) is 5.51. The molecule has 1 saturated heterocycles. The molecule has 7 heteroatoms. The van der Waals surface area contributed by atoms with Crippen LogP contribution in [0.15, 0.2) is 18.6 Å². The van der Waals surface area contributed by atoms with Crippen LogP contribution in [0.4, 0.5) is 0 Å². The highest BCUT2D eigenvalue weighted by atomic mass is 16.2. The van der Waals surface area contributed by atoms with Crippen molar-refractivity contribution in [1.29, 1.82) is 0 Å². The van der Waals surface area contributed by atoms with Gasteiger partial charge in [0.05, 0.1) is 16.3 Å². The molecule has 120 valence electrons. The summed E-state index contributed by atoms with van der Waals surface area (Å²) in [4.78, 5) is 25.8. The number of fused-ring (bicyclic) bond motifs is 1. The third-order valence-corrected chi connectivity index (χ3v) is 3.93. The van der Waals surface area contributed by atoms with E-state index >= 15 is 0 Å². The van der Waals surface area contributed by atoms with Crippen molar-refractivity contribution in [2.75, 3.05) is 26.6 Å². The molecular formula is C16H21N6O+. The number of H-pyrrole nitrogens is 2. The van der Waals surface area contributed by atoms with Crippen molar-refractivity contribution < 1.29 is 11.6 Å². The Morgan fingerprint density at radius 1 is 1.70 bits per heavy atom. The third kappa shape index (κ3) is 2.84. The van der Waals surface area contributed by atoms with E-state index in [1.807, 2.05) is 0 Å². The molecule has 2 N–H and O–H groups in total. The van der Waals surface area contributed by atoms with E-state index in [1.54, 1.807) is 30.8 Å². The van der Waals surface area contributed by atoms with Gasteiger partial charge < -0.3 is 14.7 Å². The molecule has 0 bridgehead atoms. The number of aromatic nitrogens is 3. The van der Waals surface area contributed by atoms with Gasteiger partial charge in [0.1, 0.15) is 18.4 Å². The monoisotopic (exact) mass is 318 g/mol. The van der Waals surface area contributed by atoms with Gasteiger partial charge in [-0.05, 0) is 18.4 Å². The summed E-state index contributed by atoms with van der Waals surface area (Å²) in [5.41, 5.74) is 0.905. The van der Waals surface area contributed by atoms with Crippen LogP contribution in [0.2, 0.25) is 0 Å². The van der Waals surface area contributed by atoms with Crippen molar-refractivity contribution in [3.8, 4) is 0 Å². The number of hydrogen-bond acceptors (Lipinski definition) is 2. The van der Waals surface area contributed by atoms with Crippen LogP contribution in [-0.2, 0) is 4.79 Å². The number of amides is 1. The lowest BCUT2D eigenvalue weighted by molar-refractivity contribution is -0.131. The topological polar surface area (TPSA) is 72.2 Å². The van der Waals surface area contributed by atoms with Gasteiger partial charge in [0.25, 0.3) is 12.0 Å². The van der Waals surface area contributed by atoms with Gasteiger partial charge in [-0.2, -0.15) is 4.98 Å². The predicted molar refractivity (Wildman–Crippen MR) is 87.3 cm³/mol. The molecule has 2 aromatic heterocycles. The van der Waals surface area contributed by atoms with Gasteiger partial charge >= 0.3 is 5.91 Å². The van der Waals surface area contributed by atoms with E-state index in [4.69, 9.17) is 13.4 Å². The van der Waals surface area contributed by atoms with Crippen LogP contribution in [-0.4, -0.2) is 58.4 Å². The summed E-state index contributed by atoms with van der Waals surface area (Å²) in [6, 6.07) is 0.830. The fraction of sp³-hybridized carbons (Fsp3) is 0.500. The van der Waals surface area contributed by atoms with E-state index in [2.05, 4.69) is 19.8 Å². The number of nitrogens with zero attached hydrogens (tertiary/aromatic N) is 4. The van der Waals surface area contributed by atoms with Gasteiger partial charge in [-0.15, -0.1) is 0 Å². The molecule has 1 fully saturated rings. The van der Waals surface area contributed by atoms with Gasteiger partial charge in [-0.3, -0.25) is 9.37 Å². The van der Waals surface area contributed by atoms with Crippen molar-refractivity contribution in [1.82, 2.24) is 24.4 Å². The molecule has 0 radical (unpaired) electrons. The minimum Gasteiger partial charge on any atom is -0.346 e. The molecular weight excluding hydrogens is 292 g/mol. The highest BCUT2D eigenvalue weighted by molar-refractivity contribution is 5.79. The van der Waals surface area contributed by atoms with Crippen LogP contribution in [0, 0.1) is 12.5 Å². The fourth-order valence-electron chi connectivity index (χ4n) is 2.68. The number of carbonyl (C=O) groups excluding carboxylic acids is 1. The fourth-order valence-corrected chi connectivity index (χ4v) is 2.68. The first kappa shape index (κ1) is 10.2. The third-order valence-electron chi connectivity index (χ3n) is 3.93. The van der Waals surface area contributed by atoms with Gasteiger partial charge in [0.2, 0.25) is 0 Å². The zero-order valence-corrected chi connectivity index (χ0v) is 12.9. The van der Waals surface area contributed by atoms with E-state index in [9.17, 15) is 4.79 Å². The van der Waals surface area contributed by atoms with Crippen molar-refractivity contribution in [3.63, 3.8) is 0 Å². The van der Waals surface area contributed by atoms with Gasteiger partial charge in [-0.1, -0.05) is 6.92 Å². The van der Waals surface area contributed by atoms with Crippen molar-refractivity contribution in [3.05, 3.63) is 35.5 Å². The highest BCUT2D eigenvalue weighted by Gasteiger charge is 2.33. The normalized spacial score (nSPS) is 30.3. The van der Waals surface area contributed by atoms with Crippen molar-refractivity contribution in [2.24, 2.45) is 5.92 Å². The van der Waals surface area contributed by atoms with E-state index in [-0.39, 0.29) is 12.7 Å². The van der Waals surface area contributed by atoms with Crippen molar-refractivity contribution >= 4 is 16.9 Å². The molecule has 2 aromatic rings. The van der Waals surface area contributed by atoms with Crippen LogP contribution in [0.3, 0.4) is 0 Å². The molecule has 1 amide bonds. The summed E-state index contributed by atoms with van der Waals surface area (Å²) in [7, 11) is 1.63. The summed E-state index contributed by atoms with van der Waals surface area (Å²) < 4.78 is 43.2. The molecule has 23 heavy (non-hydrogen) atoms. The average molecular weight is 318 g/mol. The minimum atomic E-state index is -2.39. The molecule has 0 saturated carbocycles. The Morgan fingerprint density at radius 3 is 3.30 bits per heavy atom. The quantitative estimate of drug-likeness (QED) is 0.623. The Hall–Kier alpha value is -2.62. The molecule has 0 spiro atoms. The van der Waals surface area contributed by atoms with Crippen LogP contribution in [0.1, 0.15) is 20.2 Å². The van der Waals surface area contributed by atoms with Crippen LogP contribution >= 0.6 is 0 Å². The maximum absolute atomic E-state index is 12.4. The Kier molecular flexibility index (Phi) is 2.77. The lowest BCUT2D eigenvalue weighted by Gasteiger charge is -2.35. The van der Waals surface area contributed by atoms with Gasteiger partial charge in [0, 0.05) is 15.4 Å². The van der Waals surface area contributed by atoms with E-state index in [0.29, 0.717) is 21.4 Å². The SMILES string of the molecule is [2H]c1nc2[nH]ccc2c(=[N+](C)[C@@H]2[C@H](C)CC([2H])([2H])N(C(=O)C[N+]#[C-])C2([2H])[2H])[nH]1. The van der Waals surface area contributed by atoms with Gasteiger partial charge in [0.15, 0.2) is 6.30 Å². The molecule has 0 aliphatic carbocycles. The number of aromatic amines is 2. The Morgan fingerprint density at radius 2 is 2.52 bits per heavy atom. The summed E-state index contributed by atoms with van der Waals surface area (Å²) >= 11 is 0. The maximum atomic E-state index is 12.4. The summed E-state index contributed by atoms with van der Waals surface area (Å²) in [6.07, 6.45) is 1.46. The Labute approximate surface area is 141 Å². The minimum absolute atomic E-state index is 0.0830. The zero-order chi connectivity index (χ0) is 20.9. The van der Waals surface area contributed by atoms with E-state index in [1.165, 1.54) is 0 Å². The molecule has 0 unspecified atom stereocenters. The maximum Gasteiger partial charge on any atom is 0.302 e. The first-order chi connectivity index (χ1) is 13.0. The molecule has 1 aliphatic rings. The lowest BCUT2D eigenvalue weighted by atomic mass is 9.93. The summed E-state index contributed by atoms with van der Waals surface area (Å²) in [5, 5.41) is 0.647. The standard InChI is InChI=1S/C16H20N6O/c1-11-5-7-22(14(23)8-17-2)9-13(11)21(3)16-12-4-6-18-15(12)19-10-20-16/h4,6,10-11,13H,5,7-9H2,1,3H3,(H,18,19,20)/p+1/t11-,13+/m1/s1/i7D2,9D2,10D. The smallest absolute Gasteiger partial charge is 0.302 e. The zero-order valence-electron chi connectivity index (χ0n) is 17.9. The number of likely N-dealkylation sites (tertiary alicyclic amines) is 1. The number of rotatable bonds is 2. The van der Waals surface area contributed by atoms with Crippen LogP contribution < -0.4 is 10.1 Å². The number of carbonyl (C=O) groups is 1. The van der Waals surface area contributed by atoms with Crippen LogP contribution in [0.25, 0.3) is 15.9 Å². The first-order valence-corrected chi connectivity index (χ1v) is 7.27. The number of nitrogens with one attached hydrogen (secondary N) is 2.